The van der Waals surface area contributed by atoms with E-state index in [0.29, 0.717) is 51.4 Å². The zero-order chi connectivity index (χ0) is 20.8. The lowest BCUT2D eigenvalue weighted by Crippen LogP contribution is -2.51. The molecule has 0 spiro atoms. The summed E-state index contributed by atoms with van der Waals surface area (Å²) in [6.45, 7) is 4.24. The van der Waals surface area contributed by atoms with Gasteiger partial charge in [0.1, 0.15) is 5.82 Å². The number of morpholine rings is 1. The Balaban J connectivity index is 1.56. The van der Waals surface area contributed by atoms with E-state index in [2.05, 4.69) is 15.2 Å². The second-order valence-corrected chi connectivity index (χ2v) is 7.83. The third kappa shape index (κ3) is 4.38. The van der Waals surface area contributed by atoms with Crippen molar-refractivity contribution in [1.82, 2.24) is 15.2 Å². The predicted molar refractivity (Wildman–Crippen MR) is 111 cm³/mol. The van der Waals surface area contributed by atoms with E-state index < -0.39 is 5.41 Å². The lowest BCUT2D eigenvalue weighted by Gasteiger charge is -2.38. The normalized spacial score (nSPS) is 20.4. The first kappa shape index (κ1) is 20.9. The van der Waals surface area contributed by atoms with Crippen molar-refractivity contribution in [2.45, 2.75) is 24.3 Å². The summed E-state index contributed by atoms with van der Waals surface area (Å²) in [5.41, 5.74) is 0.593. The van der Waals surface area contributed by atoms with Gasteiger partial charge in [0.05, 0.1) is 24.7 Å². The molecule has 0 bridgehead atoms. The minimum atomic E-state index is -0.909. The van der Waals surface area contributed by atoms with Crippen LogP contribution < -0.4 is 5.32 Å². The average molecular weight is 413 g/mol. The second-order valence-electron chi connectivity index (χ2n) is 7.83. The zero-order valence-electron chi connectivity index (χ0n) is 17.1. The molecule has 2 aromatic rings. The molecule has 1 unspecified atom stereocenters. The maximum atomic E-state index is 14.7. The monoisotopic (exact) mass is 413 g/mol. The second kappa shape index (κ2) is 9.64. The van der Waals surface area contributed by atoms with Gasteiger partial charge in [-0.25, -0.2) is 4.39 Å². The molecule has 3 heterocycles. The number of hydrogen-bond acceptors (Lipinski definition) is 5. The van der Waals surface area contributed by atoms with Gasteiger partial charge in [-0.1, -0.05) is 24.3 Å². The Morgan fingerprint density at radius 2 is 1.83 bits per heavy atom. The number of amides is 1. The fraction of sp³-hybridized carbons (Fsp3) is 0.478. The summed E-state index contributed by atoms with van der Waals surface area (Å²) in [7, 11) is 0. The van der Waals surface area contributed by atoms with Crippen LogP contribution in [-0.4, -0.2) is 61.9 Å². The molecule has 0 radical (unpaired) electrons. The van der Waals surface area contributed by atoms with Gasteiger partial charge in [-0.15, -0.1) is 0 Å². The molecule has 1 atom stereocenters. The Bertz CT molecular complexity index is 837. The molecule has 1 N–H and O–H groups in total. The van der Waals surface area contributed by atoms with Crippen molar-refractivity contribution in [3.8, 4) is 0 Å². The molecular weight excluding hydrogens is 385 g/mol. The number of carbonyl (C=O) groups excluding carboxylic acids is 1. The number of ether oxygens (including phenoxy) is 2. The van der Waals surface area contributed by atoms with Crippen molar-refractivity contribution in [2.75, 3.05) is 46.1 Å². The summed E-state index contributed by atoms with van der Waals surface area (Å²) >= 11 is 0. The van der Waals surface area contributed by atoms with Crippen LogP contribution >= 0.6 is 0 Å². The zero-order valence-corrected chi connectivity index (χ0v) is 17.1. The summed E-state index contributed by atoms with van der Waals surface area (Å²) in [4.78, 5) is 20.1. The van der Waals surface area contributed by atoms with Gasteiger partial charge in [0, 0.05) is 50.8 Å². The van der Waals surface area contributed by atoms with Crippen LogP contribution in [-0.2, 0) is 19.7 Å². The Labute approximate surface area is 176 Å². The van der Waals surface area contributed by atoms with E-state index in [0.717, 1.165) is 18.7 Å². The first-order valence-electron chi connectivity index (χ1n) is 10.5. The number of hydrogen-bond donors (Lipinski definition) is 1. The number of carbonyl (C=O) groups is 1. The number of rotatable bonds is 6. The Morgan fingerprint density at radius 3 is 2.53 bits per heavy atom. The number of aromatic nitrogens is 1. The van der Waals surface area contributed by atoms with Crippen molar-refractivity contribution in [3.05, 3.63) is 65.7 Å². The average Bonchev–Trinajstić information content (AvgIpc) is 2.81. The van der Waals surface area contributed by atoms with Gasteiger partial charge < -0.3 is 14.8 Å². The number of pyridine rings is 1. The van der Waals surface area contributed by atoms with E-state index in [9.17, 15) is 9.18 Å². The molecule has 2 fully saturated rings. The summed E-state index contributed by atoms with van der Waals surface area (Å²) in [6.07, 6.45) is 4.52. The van der Waals surface area contributed by atoms with E-state index >= 15 is 0 Å². The molecule has 0 aliphatic carbocycles. The molecule has 2 aliphatic heterocycles. The van der Waals surface area contributed by atoms with Gasteiger partial charge in [-0.2, -0.15) is 0 Å². The van der Waals surface area contributed by atoms with Gasteiger partial charge >= 0.3 is 0 Å². The summed E-state index contributed by atoms with van der Waals surface area (Å²) in [5, 5.41) is 3.14. The number of nitrogens with one attached hydrogen (secondary N) is 1. The number of nitrogens with zero attached hydrogens (tertiary/aromatic N) is 2. The highest BCUT2D eigenvalue weighted by Crippen LogP contribution is 2.37. The lowest BCUT2D eigenvalue weighted by atomic mass is 9.73. The fourth-order valence-electron chi connectivity index (χ4n) is 4.47. The summed E-state index contributed by atoms with van der Waals surface area (Å²) in [6, 6.07) is 10.5. The molecule has 1 aromatic carbocycles. The first-order chi connectivity index (χ1) is 14.7. The molecule has 0 saturated carbocycles. The van der Waals surface area contributed by atoms with Crippen LogP contribution in [0.1, 0.15) is 30.0 Å². The van der Waals surface area contributed by atoms with E-state index in [1.807, 2.05) is 18.3 Å². The highest BCUT2D eigenvalue weighted by atomic mass is 19.1. The van der Waals surface area contributed by atoms with Gasteiger partial charge in [0.15, 0.2) is 0 Å². The minimum absolute atomic E-state index is 0.0101. The van der Waals surface area contributed by atoms with E-state index in [4.69, 9.17) is 9.47 Å². The highest BCUT2D eigenvalue weighted by Gasteiger charge is 2.43. The van der Waals surface area contributed by atoms with Gasteiger partial charge in [0.2, 0.25) is 5.91 Å². The number of benzene rings is 1. The Hall–Kier alpha value is -2.35. The molecular formula is C23H28FN3O3. The molecule has 160 valence electrons. The van der Waals surface area contributed by atoms with Gasteiger partial charge in [-0.05, 0) is 30.5 Å². The molecule has 1 aromatic heterocycles. The minimum Gasteiger partial charge on any atom is -0.381 e. The fourth-order valence-corrected chi connectivity index (χ4v) is 4.47. The van der Waals surface area contributed by atoms with Crippen LogP contribution in [0.5, 0.6) is 0 Å². The van der Waals surface area contributed by atoms with Gasteiger partial charge in [-0.3, -0.25) is 14.7 Å². The van der Waals surface area contributed by atoms with E-state index in [1.165, 1.54) is 6.07 Å². The number of halogens is 1. The van der Waals surface area contributed by atoms with Crippen molar-refractivity contribution in [1.29, 1.82) is 0 Å². The Kier molecular flexibility index (Phi) is 6.72. The third-order valence-electron chi connectivity index (χ3n) is 6.18. The largest absolute Gasteiger partial charge is 0.381 e. The first-order valence-corrected chi connectivity index (χ1v) is 10.5. The summed E-state index contributed by atoms with van der Waals surface area (Å²) in [5.74, 6) is -0.482. The van der Waals surface area contributed by atoms with Crippen LogP contribution in [0.3, 0.4) is 0 Å². The van der Waals surface area contributed by atoms with Crippen LogP contribution in [0.15, 0.2) is 48.8 Å². The van der Waals surface area contributed by atoms with Crippen LogP contribution in [0, 0.1) is 5.82 Å². The molecule has 1 amide bonds. The van der Waals surface area contributed by atoms with Crippen molar-refractivity contribution in [3.63, 3.8) is 0 Å². The lowest BCUT2D eigenvalue weighted by molar-refractivity contribution is -0.131. The van der Waals surface area contributed by atoms with Crippen molar-refractivity contribution >= 4 is 5.91 Å². The maximum Gasteiger partial charge on any atom is 0.231 e. The molecule has 2 saturated heterocycles. The van der Waals surface area contributed by atoms with E-state index in [-0.39, 0.29) is 17.8 Å². The standard InChI is InChI=1S/C23H28FN3O3/c24-20-6-2-1-5-19(20)23(7-12-29-13-8-23)22(28)26-17-21(18-4-3-9-25-16-18)27-10-14-30-15-11-27/h1-6,9,16,21H,7-8,10-15,17H2,(H,26,28). The predicted octanol–water partition coefficient (Wildman–Crippen LogP) is 2.46. The molecule has 4 rings (SSSR count). The quantitative estimate of drug-likeness (QED) is 0.788. The summed E-state index contributed by atoms with van der Waals surface area (Å²) < 4.78 is 25.7. The van der Waals surface area contributed by atoms with Crippen LogP contribution in [0.25, 0.3) is 0 Å². The molecule has 7 heteroatoms. The van der Waals surface area contributed by atoms with Crippen LogP contribution in [0.2, 0.25) is 0 Å². The van der Waals surface area contributed by atoms with Crippen molar-refractivity contribution < 1.29 is 18.7 Å². The van der Waals surface area contributed by atoms with Crippen LogP contribution in [0.4, 0.5) is 4.39 Å². The van der Waals surface area contributed by atoms with E-state index in [1.54, 1.807) is 24.4 Å². The molecule has 30 heavy (non-hydrogen) atoms. The highest BCUT2D eigenvalue weighted by molar-refractivity contribution is 5.88. The molecule has 6 nitrogen and oxygen atoms in total. The Morgan fingerprint density at radius 1 is 1.10 bits per heavy atom. The SMILES string of the molecule is O=C(NCC(c1cccnc1)N1CCOCC1)C1(c2ccccc2F)CCOCC1. The maximum absolute atomic E-state index is 14.7. The van der Waals surface area contributed by atoms with Crippen molar-refractivity contribution in [2.24, 2.45) is 0 Å². The topological polar surface area (TPSA) is 63.7 Å². The van der Waals surface area contributed by atoms with Gasteiger partial charge in [0.25, 0.3) is 0 Å². The molecule has 2 aliphatic rings. The smallest absolute Gasteiger partial charge is 0.231 e. The third-order valence-corrected chi connectivity index (χ3v) is 6.18.